The molecule has 5 nitrogen and oxygen atoms in total. The van der Waals surface area contributed by atoms with Crippen LogP contribution in [0.1, 0.15) is 35.9 Å². The highest BCUT2D eigenvalue weighted by atomic mass is 32.2. The van der Waals surface area contributed by atoms with Crippen LogP contribution in [0.2, 0.25) is 0 Å². The maximum absolute atomic E-state index is 13.1. The number of nitrogens with zero attached hydrogens (tertiary/aromatic N) is 3. The Kier molecular flexibility index (Phi) is 6.43. The molecule has 1 amide bonds. The third-order valence-corrected chi connectivity index (χ3v) is 7.28. The molecule has 3 rings (SSSR count). The molecule has 3 aromatic rings. The van der Waals surface area contributed by atoms with Crippen molar-refractivity contribution in [3.05, 3.63) is 56.4 Å². The zero-order valence-corrected chi connectivity index (χ0v) is 18.8. The standard InChI is InChI=1S/C21H24FN3O2S2/c1-6-25-20(27)18-12(2)14(4)29-19(18)23-21(25)28-11-17(26)24(5)13(3)15-7-9-16(22)10-8-15/h7-10,13H,6,11H2,1-5H3. The molecule has 0 N–H and O–H groups in total. The lowest BCUT2D eigenvalue weighted by Crippen LogP contribution is -2.31. The molecule has 1 atom stereocenters. The van der Waals surface area contributed by atoms with Gasteiger partial charge in [0.25, 0.3) is 5.56 Å². The normalized spacial score (nSPS) is 12.3. The Morgan fingerprint density at radius 3 is 2.59 bits per heavy atom. The van der Waals surface area contributed by atoms with Crippen molar-refractivity contribution in [3.8, 4) is 0 Å². The van der Waals surface area contributed by atoms with E-state index >= 15 is 0 Å². The van der Waals surface area contributed by atoms with Gasteiger partial charge in [-0.1, -0.05) is 23.9 Å². The lowest BCUT2D eigenvalue weighted by Gasteiger charge is -2.25. The molecule has 0 bridgehead atoms. The van der Waals surface area contributed by atoms with Crippen LogP contribution in [0.25, 0.3) is 10.2 Å². The second-order valence-corrected chi connectivity index (χ2v) is 9.07. The van der Waals surface area contributed by atoms with E-state index in [9.17, 15) is 14.0 Å². The molecule has 8 heteroatoms. The summed E-state index contributed by atoms with van der Waals surface area (Å²) in [4.78, 5) is 33.7. The van der Waals surface area contributed by atoms with Gasteiger partial charge in [0.15, 0.2) is 5.16 Å². The maximum Gasteiger partial charge on any atom is 0.263 e. The van der Waals surface area contributed by atoms with Gasteiger partial charge in [-0.15, -0.1) is 11.3 Å². The van der Waals surface area contributed by atoms with Gasteiger partial charge in [0.05, 0.1) is 17.2 Å². The molecule has 0 aliphatic heterocycles. The number of aryl methyl sites for hydroxylation is 2. The van der Waals surface area contributed by atoms with E-state index in [1.165, 1.54) is 35.2 Å². The highest BCUT2D eigenvalue weighted by molar-refractivity contribution is 7.99. The van der Waals surface area contributed by atoms with Gasteiger partial charge in [-0.25, -0.2) is 9.37 Å². The summed E-state index contributed by atoms with van der Waals surface area (Å²) in [5.74, 6) is -0.213. The minimum Gasteiger partial charge on any atom is -0.338 e. The van der Waals surface area contributed by atoms with E-state index in [4.69, 9.17) is 0 Å². The SMILES string of the molecule is CCn1c(SCC(=O)N(C)C(C)c2ccc(F)cc2)nc2sc(C)c(C)c2c1=O. The van der Waals surface area contributed by atoms with Crippen molar-refractivity contribution in [1.82, 2.24) is 14.5 Å². The Hall–Kier alpha value is -2.19. The third-order valence-electron chi connectivity index (χ3n) is 5.22. The van der Waals surface area contributed by atoms with Crippen molar-refractivity contribution in [1.29, 1.82) is 0 Å². The number of hydrogen-bond donors (Lipinski definition) is 0. The molecule has 2 aromatic heterocycles. The Labute approximate surface area is 177 Å². The monoisotopic (exact) mass is 433 g/mol. The predicted octanol–water partition coefficient (Wildman–Crippen LogP) is 4.55. The highest BCUT2D eigenvalue weighted by Gasteiger charge is 2.20. The molecular weight excluding hydrogens is 409 g/mol. The first-order chi connectivity index (χ1) is 13.7. The van der Waals surface area contributed by atoms with E-state index in [1.807, 2.05) is 27.7 Å². The second-order valence-electron chi connectivity index (χ2n) is 6.93. The van der Waals surface area contributed by atoms with Gasteiger partial charge in [0, 0.05) is 18.5 Å². The van der Waals surface area contributed by atoms with Gasteiger partial charge in [-0.2, -0.15) is 0 Å². The number of thioether (sulfide) groups is 1. The number of carbonyl (C=O) groups excluding carboxylic acids is 1. The summed E-state index contributed by atoms with van der Waals surface area (Å²) in [6, 6.07) is 5.96. The van der Waals surface area contributed by atoms with Crippen molar-refractivity contribution in [2.24, 2.45) is 0 Å². The van der Waals surface area contributed by atoms with Crippen molar-refractivity contribution in [2.75, 3.05) is 12.8 Å². The van der Waals surface area contributed by atoms with E-state index in [0.29, 0.717) is 17.1 Å². The van der Waals surface area contributed by atoms with Crippen LogP contribution >= 0.6 is 23.1 Å². The maximum atomic E-state index is 13.1. The van der Waals surface area contributed by atoms with Gasteiger partial charge in [-0.3, -0.25) is 14.2 Å². The second kappa shape index (κ2) is 8.67. The number of benzene rings is 1. The summed E-state index contributed by atoms with van der Waals surface area (Å²) in [5, 5.41) is 1.23. The van der Waals surface area contributed by atoms with Crippen LogP contribution in [0.5, 0.6) is 0 Å². The van der Waals surface area contributed by atoms with E-state index in [0.717, 1.165) is 20.8 Å². The number of amides is 1. The molecule has 0 saturated heterocycles. The molecule has 29 heavy (non-hydrogen) atoms. The summed E-state index contributed by atoms with van der Waals surface area (Å²) in [7, 11) is 1.73. The molecule has 0 spiro atoms. The molecule has 0 aliphatic carbocycles. The quantitative estimate of drug-likeness (QED) is 0.423. The Morgan fingerprint density at radius 2 is 1.97 bits per heavy atom. The first-order valence-electron chi connectivity index (χ1n) is 9.39. The van der Waals surface area contributed by atoms with Gasteiger partial charge >= 0.3 is 0 Å². The van der Waals surface area contributed by atoms with Crippen LogP contribution in [0.3, 0.4) is 0 Å². The molecule has 0 radical (unpaired) electrons. The minimum atomic E-state index is -0.302. The number of thiophene rings is 1. The fraction of sp³-hybridized carbons (Fsp3) is 0.381. The molecule has 1 unspecified atom stereocenters. The van der Waals surface area contributed by atoms with Crippen molar-refractivity contribution in [3.63, 3.8) is 0 Å². The molecule has 0 fully saturated rings. The summed E-state index contributed by atoms with van der Waals surface area (Å²) in [6.45, 7) is 8.23. The first-order valence-corrected chi connectivity index (χ1v) is 11.2. The highest BCUT2D eigenvalue weighted by Crippen LogP contribution is 2.29. The first kappa shape index (κ1) is 21.5. The Balaban J connectivity index is 1.79. The van der Waals surface area contributed by atoms with Crippen LogP contribution in [0, 0.1) is 19.7 Å². The number of halogens is 1. The van der Waals surface area contributed by atoms with Crippen molar-refractivity contribution in [2.45, 2.75) is 45.4 Å². The fourth-order valence-electron chi connectivity index (χ4n) is 3.11. The Morgan fingerprint density at radius 1 is 1.31 bits per heavy atom. The molecule has 0 aliphatic rings. The third kappa shape index (κ3) is 4.23. The molecule has 154 valence electrons. The zero-order valence-electron chi connectivity index (χ0n) is 17.2. The van der Waals surface area contributed by atoms with Crippen LogP contribution < -0.4 is 5.56 Å². The van der Waals surface area contributed by atoms with E-state index in [1.54, 1.807) is 28.6 Å². The number of fused-ring (bicyclic) bond motifs is 1. The van der Waals surface area contributed by atoms with E-state index in [-0.39, 0.29) is 29.1 Å². The van der Waals surface area contributed by atoms with Gasteiger partial charge in [0.2, 0.25) is 5.91 Å². The largest absolute Gasteiger partial charge is 0.338 e. The number of rotatable bonds is 6. The fourth-order valence-corrected chi connectivity index (χ4v) is 5.16. The van der Waals surface area contributed by atoms with Gasteiger partial charge in [0.1, 0.15) is 10.6 Å². The van der Waals surface area contributed by atoms with Crippen LogP contribution in [-0.4, -0.2) is 33.2 Å². The van der Waals surface area contributed by atoms with E-state index < -0.39 is 0 Å². The Bertz CT molecular complexity index is 1110. The molecule has 2 heterocycles. The smallest absolute Gasteiger partial charge is 0.263 e. The van der Waals surface area contributed by atoms with Gasteiger partial charge in [-0.05, 0) is 51.0 Å². The van der Waals surface area contributed by atoms with Crippen molar-refractivity contribution >= 4 is 39.2 Å². The summed E-state index contributed by atoms with van der Waals surface area (Å²) in [5.41, 5.74) is 1.79. The summed E-state index contributed by atoms with van der Waals surface area (Å²) in [6.07, 6.45) is 0. The number of hydrogen-bond acceptors (Lipinski definition) is 5. The average molecular weight is 434 g/mol. The lowest BCUT2D eigenvalue weighted by molar-refractivity contribution is -0.128. The van der Waals surface area contributed by atoms with Crippen molar-refractivity contribution < 1.29 is 9.18 Å². The minimum absolute atomic E-state index is 0.0534. The van der Waals surface area contributed by atoms with Crippen LogP contribution in [0.15, 0.2) is 34.2 Å². The van der Waals surface area contributed by atoms with Gasteiger partial charge < -0.3 is 4.90 Å². The van der Waals surface area contributed by atoms with Crippen LogP contribution in [0.4, 0.5) is 4.39 Å². The number of carbonyl (C=O) groups is 1. The lowest BCUT2D eigenvalue weighted by atomic mass is 10.1. The topological polar surface area (TPSA) is 55.2 Å². The number of aromatic nitrogens is 2. The molecular formula is C21H24FN3O2S2. The zero-order chi connectivity index (χ0) is 21.3. The van der Waals surface area contributed by atoms with E-state index in [2.05, 4.69) is 4.98 Å². The predicted molar refractivity (Wildman–Crippen MR) is 117 cm³/mol. The van der Waals surface area contributed by atoms with Crippen LogP contribution in [-0.2, 0) is 11.3 Å². The summed E-state index contributed by atoms with van der Waals surface area (Å²) < 4.78 is 14.8. The molecule has 1 aromatic carbocycles. The summed E-state index contributed by atoms with van der Waals surface area (Å²) >= 11 is 2.78. The average Bonchev–Trinajstić information content (AvgIpc) is 2.99. The molecule has 0 saturated carbocycles.